The van der Waals surface area contributed by atoms with Gasteiger partial charge in [0.15, 0.2) is 0 Å². The molecule has 0 unspecified atom stereocenters. The van der Waals surface area contributed by atoms with Crippen molar-refractivity contribution in [1.29, 1.82) is 5.26 Å². The Balaban J connectivity index is 2.94. The van der Waals surface area contributed by atoms with E-state index < -0.39 is 16.0 Å². The smallest absolute Gasteiger partial charge is 0.268 e. The third-order valence-electron chi connectivity index (χ3n) is 1.73. The van der Waals surface area contributed by atoms with Gasteiger partial charge in [0.1, 0.15) is 5.82 Å². The average Bonchev–Trinajstić information content (AvgIpc) is 2.18. The van der Waals surface area contributed by atoms with Crippen molar-refractivity contribution in [1.82, 2.24) is 4.72 Å². The van der Waals surface area contributed by atoms with Crippen LogP contribution in [-0.4, -0.2) is 14.5 Å². The maximum atomic E-state index is 13.4. The van der Waals surface area contributed by atoms with Crippen molar-refractivity contribution in [3.05, 3.63) is 29.6 Å². The SMILES string of the molecule is CC(C)NS(=O)(=O)Nc1ccc(C#N)cc1F. The number of halogens is 1. The predicted molar refractivity (Wildman–Crippen MR) is 61.9 cm³/mol. The van der Waals surface area contributed by atoms with Crippen molar-refractivity contribution in [2.45, 2.75) is 19.9 Å². The Kier molecular flexibility index (Phi) is 4.04. The van der Waals surface area contributed by atoms with Gasteiger partial charge < -0.3 is 0 Å². The highest BCUT2D eigenvalue weighted by molar-refractivity contribution is 7.90. The number of nitriles is 1. The minimum absolute atomic E-state index is 0.127. The fourth-order valence-corrected chi connectivity index (χ4v) is 2.29. The van der Waals surface area contributed by atoms with Crippen LogP contribution in [0.5, 0.6) is 0 Å². The number of nitrogens with zero attached hydrogens (tertiary/aromatic N) is 1. The highest BCUT2D eigenvalue weighted by atomic mass is 32.2. The third-order valence-corrected chi connectivity index (χ3v) is 3.00. The fraction of sp³-hybridized carbons (Fsp3) is 0.300. The lowest BCUT2D eigenvalue weighted by Crippen LogP contribution is -2.35. The van der Waals surface area contributed by atoms with Crippen molar-refractivity contribution < 1.29 is 12.8 Å². The van der Waals surface area contributed by atoms with Gasteiger partial charge in [-0.2, -0.15) is 18.4 Å². The molecule has 17 heavy (non-hydrogen) atoms. The Morgan fingerprint density at radius 1 is 1.41 bits per heavy atom. The summed E-state index contributed by atoms with van der Waals surface area (Å²) in [7, 11) is -3.80. The van der Waals surface area contributed by atoms with Crippen LogP contribution in [-0.2, 0) is 10.2 Å². The van der Waals surface area contributed by atoms with E-state index in [1.807, 2.05) is 4.72 Å². The zero-order valence-electron chi connectivity index (χ0n) is 9.36. The van der Waals surface area contributed by atoms with E-state index in [4.69, 9.17) is 5.26 Å². The molecule has 1 rings (SSSR count). The first-order valence-electron chi connectivity index (χ1n) is 4.84. The molecule has 0 spiro atoms. The normalized spacial score (nSPS) is 11.2. The lowest BCUT2D eigenvalue weighted by molar-refractivity contribution is 0.574. The van der Waals surface area contributed by atoms with Gasteiger partial charge in [-0.05, 0) is 32.0 Å². The minimum Gasteiger partial charge on any atom is -0.268 e. The molecule has 0 saturated heterocycles. The van der Waals surface area contributed by atoms with Crippen molar-refractivity contribution in [2.75, 3.05) is 4.72 Å². The van der Waals surface area contributed by atoms with E-state index in [0.717, 1.165) is 6.07 Å². The van der Waals surface area contributed by atoms with E-state index in [1.54, 1.807) is 19.9 Å². The number of hydrogen-bond acceptors (Lipinski definition) is 3. The molecular weight excluding hydrogens is 245 g/mol. The zero-order valence-corrected chi connectivity index (χ0v) is 10.2. The van der Waals surface area contributed by atoms with Gasteiger partial charge in [0.05, 0.1) is 17.3 Å². The molecule has 0 aliphatic carbocycles. The Labute approximate surface area is 99.4 Å². The highest BCUT2D eigenvalue weighted by Crippen LogP contribution is 2.16. The van der Waals surface area contributed by atoms with Crippen molar-refractivity contribution >= 4 is 15.9 Å². The van der Waals surface area contributed by atoms with Crippen LogP contribution in [0.4, 0.5) is 10.1 Å². The van der Waals surface area contributed by atoms with Crippen molar-refractivity contribution in [3.8, 4) is 6.07 Å². The quantitative estimate of drug-likeness (QED) is 0.854. The number of benzene rings is 1. The molecule has 1 aromatic rings. The van der Waals surface area contributed by atoms with Crippen LogP contribution in [0, 0.1) is 17.1 Å². The molecule has 0 aromatic heterocycles. The summed E-state index contributed by atoms with van der Waals surface area (Å²) in [5.41, 5.74) is -0.0700. The van der Waals surface area contributed by atoms with Crippen LogP contribution in [0.3, 0.4) is 0 Å². The van der Waals surface area contributed by atoms with Gasteiger partial charge in [0, 0.05) is 6.04 Å². The maximum Gasteiger partial charge on any atom is 0.299 e. The van der Waals surface area contributed by atoms with Gasteiger partial charge in [-0.15, -0.1) is 0 Å². The highest BCUT2D eigenvalue weighted by Gasteiger charge is 2.14. The topological polar surface area (TPSA) is 82.0 Å². The van der Waals surface area contributed by atoms with E-state index >= 15 is 0 Å². The summed E-state index contributed by atoms with van der Waals surface area (Å²) in [4.78, 5) is 0. The van der Waals surface area contributed by atoms with E-state index in [9.17, 15) is 12.8 Å². The van der Waals surface area contributed by atoms with Gasteiger partial charge in [0.2, 0.25) is 0 Å². The summed E-state index contributed by atoms with van der Waals surface area (Å²) < 4.78 is 40.6. The second-order valence-corrected chi connectivity index (χ2v) is 5.13. The Hall–Kier alpha value is -1.65. The minimum atomic E-state index is -3.80. The monoisotopic (exact) mass is 257 g/mol. The molecular formula is C10H12FN3O2S. The number of rotatable bonds is 4. The summed E-state index contributed by atoms with van der Waals surface area (Å²) in [5.74, 6) is -0.793. The van der Waals surface area contributed by atoms with Gasteiger partial charge in [-0.25, -0.2) is 4.39 Å². The molecule has 0 atom stereocenters. The van der Waals surface area contributed by atoms with E-state index in [-0.39, 0.29) is 17.3 Å². The molecule has 1 aromatic carbocycles. The van der Waals surface area contributed by atoms with Crippen LogP contribution >= 0.6 is 0 Å². The number of anilines is 1. The predicted octanol–water partition coefficient (Wildman–Crippen LogP) is 1.35. The van der Waals surface area contributed by atoms with Gasteiger partial charge in [-0.3, -0.25) is 4.72 Å². The van der Waals surface area contributed by atoms with Crippen molar-refractivity contribution in [3.63, 3.8) is 0 Å². The first-order chi connectivity index (χ1) is 7.84. The summed E-state index contributed by atoms with van der Waals surface area (Å²) in [6.45, 7) is 3.29. The van der Waals surface area contributed by atoms with Crippen LogP contribution < -0.4 is 9.44 Å². The van der Waals surface area contributed by atoms with Gasteiger partial charge in [-0.1, -0.05) is 0 Å². The molecule has 0 aliphatic heterocycles. The Morgan fingerprint density at radius 2 is 2.06 bits per heavy atom. The van der Waals surface area contributed by atoms with Crippen LogP contribution in [0.1, 0.15) is 19.4 Å². The second-order valence-electron chi connectivity index (χ2n) is 3.68. The third kappa shape index (κ3) is 4.01. The molecule has 0 bridgehead atoms. The standard InChI is InChI=1S/C10H12FN3O2S/c1-7(2)13-17(15,16)14-10-4-3-8(6-12)5-9(10)11/h3-5,7,13-14H,1-2H3. The second kappa shape index (κ2) is 5.12. The van der Waals surface area contributed by atoms with E-state index in [1.165, 1.54) is 12.1 Å². The van der Waals surface area contributed by atoms with E-state index in [0.29, 0.717) is 0 Å². The largest absolute Gasteiger partial charge is 0.299 e. The first kappa shape index (κ1) is 13.4. The maximum absolute atomic E-state index is 13.4. The molecule has 92 valence electrons. The Bertz CT molecular complexity index is 549. The van der Waals surface area contributed by atoms with Crippen molar-refractivity contribution in [2.24, 2.45) is 0 Å². The molecule has 0 saturated carbocycles. The summed E-state index contributed by atoms with van der Waals surface area (Å²) in [6, 6.07) is 4.96. The molecule has 0 heterocycles. The summed E-state index contributed by atoms with van der Waals surface area (Å²) in [6.07, 6.45) is 0. The number of nitrogens with one attached hydrogen (secondary N) is 2. The molecule has 7 heteroatoms. The van der Waals surface area contributed by atoms with Crippen LogP contribution in [0.15, 0.2) is 18.2 Å². The summed E-state index contributed by atoms with van der Waals surface area (Å²) >= 11 is 0. The summed E-state index contributed by atoms with van der Waals surface area (Å²) in [5, 5.41) is 8.54. The number of hydrogen-bond donors (Lipinski definition) is 2. The molecule has 0 amide bonds. The van der Waals surface area contributed by atoms with Crippen LogP contribution in [0.2, 0.25) is 0 Å². The van der Waals surface area contributed by atoms with Gasteiger partial charge >= 0.3 is 0 Å². The molecule has 5 nitrogen and oxygen atoms in total. The molecule has 0 radical (unpaired) electrons. The molecule has 2 N–H and O–H groups in total. The van der Waals surface area contributed by atoms with Crippen LogP contribution in [0.25, 0.3) is 0 Å². The van der Waals surface area contributed by atoms with Gasteiger partial charge in [0.25, 0.3) is 10.2 Å². The lowest BCUT2D eigenvalue weighted by atomic mass is 10.2. The zero-order chi connectivity index (χ0) is 13.1. The first-order valence-corrected chi connectivity index (χ1v) is 6.32. The lowest BCUT2D eigenvalue weighted by Gasteiger charge is -2.12. The molecule has 0 fully saturated rings. The molecule has 0 aliphatic rings. The van der Waals surface area contributed by atoms with E-state index in [2.05, 4.69) is 4.72 Å². The Morgan fingerprint density at radius 3 is 2.53 bits per heavy atom. The fourth-order valence-electron chi connectivity index (χ4n) is 1.15. The average molecular weight is 257 g/mol.